The maximum atomic E-state index is 11.7. The number of alkyl carbamates (subject to hydrolysis) is 1. The lowest BCUT2D eigenvalue weighted by Gasteiger charge is -2.32. The predicted molar refractivity (Wildman–Crippen MR) is 107 cm³/mol. The molecule has 1 aliphatic heterocycles. The summed E-state index contributed by atoms with van der Waals surface area (Å²) >= 11 is 0. The first-order valence-corrected chi connectivity index (χ1v) is 9.70. The molecular weight excluding hydrogens is 356 g/mol. The Labute approximate surface area is 163 Å². The van der Waals surface area contributed by atoms with Gasteiger partial charge >= 0.3 is 6.09 Å². The molecule has 146 valence electrons. The Hall–Kier alpha value is -3.16. The molecular formula is C20H24N6O2. The van der Waals surface area contributed by atoms with E-state index in [2.05, 4.69) is 27.2 Å². The fraction of sp³-hybridized carbons (Fsp3) is 0.400. The number of fused-ring (bicyclic) bond motifs is 1. The van der Waals surface area contributed by atoms with E-state index >= 15 is 0 Å². The van der Waals surface area contributed by atoms with E-state index in [0.29, 0.717) is 13.2 Å². The van der Waals surface area contributed by atoms with Crippen LogP contribution in [0.15, 0.2) is 36.7 Å². The van der Waals surface area contributed by atoms with Crippen molar-refractivity contribution in [3.05, 3.63) is 42.4 Å². The number of carbonyl (C=O) groups is 1. The summed E-state index contributed by atoms with van der Waals surface area (Å²) in [6.45, 7) is 4.90. The summed E-state index contributed by atoms with van der Waals surface area (Å²) in [6, 6.07) is 7.84. The van der Waals surface area contributed by atoms with Crippen molar-refractivity contribution in [2.24, 2.45) is 0 Å². The zero-order chi connectivity index (χ0) is 19.3. The molecule has 0 aromatic carbocycles. The van der Waals surface area contributed by atoms with E-state index in [9.17, 15) is 4.79 Å². The van der Waals surface area contributed by atoms with Crippen LogP contribution in [-0.4, -0.2) is 45.5 Å². The average molecular weight is 380 g/mol. The minimum Gasteiger partial charge on any atom is -0.450 e. The first kappa shape index (κ1) is 18.2. The van der Waals surface area contributed by atoms with Crippen LogP contribution in [0.4, 0.5) is 10.6 Å². The molecule has 0 aliphatic carbocycles. The molecule has 3 aromatic rings. The van der Waals surface area contributed by atoms with Gasteiger partial charge in [-0.1, -0.05) is 19.4 Å². The molecule has 1 fully saturated rings. The van der Waals surface area contributed by atoms with Gasteiger partial charge in [0.25, 0.3) is 0 Å². The number of hydrogen-bond acceptors (Lipinski definition) is 6. The maximum Gasteiger partial charge on any atom is 0.407 e. The molecule has 0 unspecified atom stereocenters. The van der Waals surface area contributed by atoms with Gasteiger partial charge < -0.3 is 15.0 Å². The number of amides is 1. The molecule has 0 radical (unpaired) electrons. The predicted octanol–water partition coefficient (Wildman–Crippen LogP) is 3.05. The van der Waals surface area contributed by atoms with Gasteiger partial charge in [-0.2, -0.15) is 5.10 Å². The molecule has 1 aliphatic rings. The summed E-state index contributed by atoms with van der Waals surface area (Å²) < 4.78 is 6.86. The number of nitrogens with one attached hydrogen (secondary N) is 1. The summed E-state index contributed by atoms with van der Waals surface area (Å²) in [4.78, 5) is 23.0. The van der Waals surface area contributed by atoms with Gasteiger partial charge in [-0.05, 0) is 31.0 Å². The van der Waals surface area contributed by atoms with Crippen LogP contribution in [0.3, 0.4) is 0 Å². The molecule has 1 saturated heterocycles. The van der Waals surface area contributed by atoms with E-state index in [0.717, 1.165) is 54.2 Å². The highest BCUT2D eigenvalue weighted by molar-refractivity contribution is 5.78. The van der Waals surface area contributed by atoms with Gasteiger partial charge in [0.2, 0.25) is 0 Å². The molecule has 0 atom stereocenters. The Morgan fingerprint density at radius 1 is 1.29 bits per heavy atom. The zero-order valence-corrected chi connectivity index (χ0v) is 16.0. The van der Waals surface area contributed by atoms with Gasteiger partial charge in [0.05, 0.1) is 24.4 Å². The molecule has 8 nitrogen and oxygen atoms in total. The second-order valence-electron chi connectivity index (χ2n) is 6.85. The molecule has 0 bridgehead atoms. The van der Waals surface area contributed by atoms with Crippen LogP contribution in [0.1, 0.15) is 31.9 Å². The number of unbranched alkanes of at least 4 members (excludes halogenated alkanes) is 1. The van der Waals surface area contributed by atoms with Crippen molar-refractivity contribution in [2.45, 2.75) is 32.7 Å². The molecule has 1 amide bonds. The van der Waals surface area contributed by atoms with E-state index in [1.807, 2.05) is 30.5 Å². The zero-order valence-electron chi connectivity index (χ0n) is 16.0. The number of carbonyl (C=O) groups excluding carboxylic acids is 1. The molecule has 3 aromatic heterocycles. The Balaban J connectivity index is 1.45. The lowest BCUT2D eigenvalue weighted by atomic mass is 10.2. The summed E-state index contributed by atoms with van der Waals surface area (Å²) in [5.74, 6) is 1.76. The third kappa shape index (κ3) is 4.05. The standard InChI is InChI=1S/C20H24N6O2/c1-2-3-10-28-20(27)22-13-16-11-17-15(12-21-16)14-26(24-17)19-7-4-6-18(23-19)25-8-5-9-25/h4,6-7,11-12,14H,2-3,5,8-10,13H2,1H3,(H,22,27). The highest BCUT2D eigenvalue weighted by Crippen LogP contribution is 2.20. The van der Waals surface area contributed by atoms with Crippen LogP contribution >= 0.6 is 0 Å². The van der Waals surface area contributed by atoms with Crippen molar-refractivity contribution >= 4 is 22.8 Å². The maximum absolute atomic E-state index is 11.7. The number of pyridine rings is 2. The fourth-order valence-corrected chi connectivity index (χ4v) is 2.96. The summed E-state index contributed by atoms with van der Waals surface area (Å²) in [6.07, 6.45) is 6.32. The lowest BCUT2D eigenvalue weighted by Crippen LogP contribution is -2.37. The van der Waals surface area contributed by atoms with Crippen LogP contribution in [-0.2, 0) is 11.3 Å². The fourth-order valence-electron chi connectivity index (χ4n) is 2.96. The molecule has 0 saturated carbocycles. The van der Waals surface area contributed by atoms with Gasteiger partial charge in [0, 0.05) is 30.9 Å². The first-order chi connectivity index (χ1) is 13.7. The van der Waals surface area contributed by atoms with E-state index in [1.165, 1.54) is 6.42 Å². The topological polar surface area (TPSA) is 85.2 Å². The SMILES string of the molecule is CCCCOC(=O)NCc1cc2nn(-c3cccc(N4CCC4)n3)cc2cn1. The van der Waals surface area contributed by atoms with Gasteiger partial charge in [-0.25, -0.2) is 14.5 Å². The van der Waals surface area contributed by atoms with Crippen LogP contribution in [0.25, 0.3) is 16.7 Å². The Morgan fingerprint density at radius 3 is 2.93 bits per heavy atom. The first-order valence-electron chi connectivity index (χ1n) is 9.70. The van der Waals surface area contributed by atoms with E-state index in [-0.39, 0.29) is 0 Å². The monoisotopic (exact) mass is 380 g/mol. The van der Waals surface area contributed by atoms with Gasteiger partial charge in [0.15, 0.2) is 5.82 Å². The molecule has 4 rings (SSSR count). The number of aromatic nitrogens is 4. The lowest BCUT2D eigenvalue weighted by molar-refractivity contribution is 0.144. The van der Waals surface area contributed by atoms with Crippen LogP contribution in [0, 0.1) is 0 Å². The van der Waals surface area contributed by atoms with Crippen molar-refractivity contribution in [3.8, 4) is 5.82 Å². The van der Waals surface area contributed by atoms with Crippen LogP contribution < -0.4 is 10.2 Å². The smallest absolute Gasteiger partial charge is 0.407 e. The Kier molecular flexibility index (Phi) is 5.36. The van der Waals surface area contributed by atoms with Crippen molar-refractivity contribution in [3.63, 3.8) is 0 Å². The molecule has 8 heteroatoms. The van der Waals surface area contributed by atoms with Crippen molar-refractivity contribution in [2.75, 3.05) is 24.6 Å². The molecule has 0 spiro atoms. The van der Waals surface area contributed by atoms with E-state index < -0.39 is 6.09 Å². The second-order valence-corrected chi connectivity index (χ2v) is 6.85. The number of hydrogen-bond donors (Lipinski definition) is 1. The Bertz CT molecular complexity index is 966. The summed E-state index contributed by atoms with van der Waals surface area (Å²) in [7, 11) is 0. The minimum atomic E-state index is -0.423. The Morgan fingerprint density at radius 2 is 2.14 bits per heavy atom. The number of nitrogens with zero attached hydrogens (tertiary/aromatic N) is 5. The number of anilines is 1. The summed E-state index contributed by atoms with van der Waals surface area (Å²) in [5, 5.41) is 8.27. The third-order valence-corrected chi connectivity index (χ3v) is 4.72. The van der Waals surface area contributed by atoms with Crippen molar-refractivity contribution in [1.82, 2.24) is 25.1 Å². The van der Waals surface area contributed by atoms with E-state index in [4.69, 9.17) is 9.72 Å². The number of rotatable bonds is 7. The van der Waals surface area contributed by atoms with Crippen LogP contribution in [0.5, 0.6) is 0 Å². The largest absolute Gasteiger partial charge is 0.450 e. The molecule has 1 N–H and O–H groups in total. The average Bonchev–Trinajstić information content (AvgIpc) is 3.09. The highest BCUT2D eigenvalue weighted by atomic mass is 16.5. The van der Waals surface area contributed by atoms with Crippen molar-refractivity contribution in [1.29, 1.82) is 0 Å². The summed E-state index contributed by atoms with van der Waals surface area (Å²) in [5.41, 5.74) is 1.54. The quantitative estimate of drug-likeness (QED) is 0.634. The molecule has 4 heterocycles. The van der Waals surface area contributed by atoms with Crippen LogP contribution in [0.2, 0.25) is 0 Å². The van der Waals surface area contributed by atoms with Crippen molar-refractivity contribution < 1.29 is 9.53 Å². The van der Waals surface area contributed by atoms with E-state index in [1.54, 1.807) is 10.9 Å². The van der Waals surface area contributed by atoms with Gasteiger partial charge in [0.1, 0.15) is 5.82 Å². The second kappa shape index (κ2) is 8.24. The number of ether oxygens (including phenoxy) is 1. The van der Waals surface area contributed by atoms with Gasteiger partial charge in [-0.3, -0.25) is 4.98 Å². The normalized spacial score (nSPS) is 13.4. The molecule has 28 heavy (non-hydrogen) atoms. The van der Waals surface area contributed by atoms with Gasteiger partial charge in [-0.15, -0.1) is 0 Å². The highest BCUT2D eigenvalue weighted by Gasteiger charge is 2.16. The minimum absolute atomic E-state index is 0.302. The third-order valence-electron chi connectivity index (χ3n) is 4.72.